The van der Waals surface area contributed by atoms with Gasteiger partial charge in [0.15, 0.2) is 0 Å². The second kappa shape index (κ2) is 9.57. The van der Waals surface area contributed by atoms with Crippen molar-refractivity contribution in [2.45, 2.75) is 47.1 Å². The van der Waals surface area contributed by atoms with Gasteiger partial charge in [-0.1, -0.05) is 38.1 Å². The lowest BCUT2D eigenvalue weighted by molar-refractivity contribution is -0.124. The Morgan fingerprint density at radius 2 is 1.87 bits per heavy atom. The number of carbonyl (C=O) groups excluding carboxylic acids is 2. The van der Waals surface area contributed by atoms with Crippen molar-refractivity contribution in [3.05, 3.63) is 59.4 Å². The van der Waals surface area contributed by atoms with Crippen LogP contribution >= 0.6 is 0 Å². The molecule has 0 bridgehead atoms. The zero-order valence-corrected chi connectivity index (χ0v) is 18.2. The molecule has 2 aromatic carbocycles. The lowest BCUT2D eigenvalue weighted by Gasteiger charge is -2.12. The first-order valence-electron chi connectivity index (χ1n) is 10.4. The van der Waals surface area contributed by atoms with Gasteiger partial charge in [0.2, 0.25) is 11.8 Å². The molecular formula is C24H30N4O2. The van der Waals surface area contributed by atoms with Gasteiger partial charge in [-0.15, -0.1) is 0 Å². The molecule has 0 spiro atoms. The minimum Gasteiger partial charge on any atom is -0.356 e. The summed E-state index contributed by atoms with van der Waals surface area (Å²) >= 11 is 0. The van der Waals surface area contributed by atoms with Crippen LogP contribution in [0.5, 0.6) is 0 Å². The highest BCUT2D eigenvalue weighted by molar-refractivity contribution is 5.92. The number of fused-ring (bicyclic) bond motifs is 1. The van der Waals surface area contributed by atoms with Crippen LogP contribution in [0.1, 0.15) is 37.2 Å². The van der Waals surface area contributed by atoms with E-state index in [1.807, 2.05) is 74.7 Å². The molecule has 0 radical (unpaired) electrons. The van der Waals surface area contributed by atoms with Crippen LogP contribution in [0.3, 0.4) is 0 Å². The maximum absolute atomic E-state index is 12.8. The number of para-hydroxylation sites is 2. The van der Waals surface area contributed by atoms with Gasteiger partial charge in [0.1, 0.15) is 12.4 Å². The van der Waals surface area contributed by atoms with E-state index in [2.05, 4.69) is 10.6 Å². The van der Waals surface area contributed by atoms with Gasteiger partial charge in [0.05, 0.1) is 11.0 Å². The van der Waals surface area contributed by atoms with Gasteiger partial charge in [0.25, 0.3) is 0 Å². The number of amides is 2. The molecule has 2 N–H and O–H groups in total. The molecule has 6 heteroatoms. The molecule has 1 aromatic heterocycles. The van der Waals surface area contributed by atoms with Crippen molar-refractivity contribution < 1.29 is 9.59 Å². The normalized spacial score (nSPS) is 11.1. The van der Waals surface area contributed by atoms with E-state index in [0.29, 0.717) is 13.0 Å². The van der Waals surface area contributed by atoms with Gasteiger partial charge in [0, 0.05) is 24.6 Å². The van der Waals surface area contributed by atoms with Crippen LogP contribution in [0.25, 0.3) is 11.0 Å². The van der Waals surface area contributed by atoms with Crippen LogP contribution in [0.2, 0.25) is 0 Å². The van der Waals surface area contributed by atoms with E-state index in [0.717, 1.165) is 40.1 Å². The molecule has 158 valence electrons. The maximum atomic E-state index is 12.8. The van der Waals surface area contributed by atoms with Crippen LogP contribution in [0.15, 0.2) is 42.5 Å². The highest BCUT2D eigenvalue weighted by Crippen LogP contribution is 2.19. The molecule has 0 saturated carbocycles. The largest absolute Gasteiger partial charge is 0.356 e. The molecule has 2 amide bonds. The lowest BCUT2D eigenvalue weighted by atomic mass is 10.1. The van der Waals surface area contributed by atoms with Crippen molar-refractivity contribution in [3.8, 4) is 0 Å². The highest BCUT2D eigenvalue weighted by Gasteiger charge is 2.14. The Labute approximate surface area is 177 Å². The topological polar surface area (TPSA) is 76.0 Å². The summed E-state index contributed by atoms with van der Waals surface area (Å²) in [5.74, 6) is 0.798. The highest BCUT2D eigenvalue weighted by atomic mass is 16.2. The summed E-state index contributed by atoms with van der Waals surface area (Å²) in [7, 11) is 0. The Hall–Kier alpha value is -3.15. The van der Waals surface area contributed by atoms with E-state index in [-0.39, 0.29) is 24.3 Å². The molecule has 6 nitrogen and oxygen atoms in total. The standard InChI is InChI=1S/C24H30N4O2/c1-16(2)24(30)25-13-7-10-22-26-19-8-5-6-9-21(19)28(22)15-23(29)27-20-14-17(3)11-12-18(20)4/h5-6,8-9,11-12,14,16H,7,10,13,15H2,1-4H3,(H,25,30)(H,27,29). The average Bonchev–Trinajstić information content (AvgIpc) is 3.05. The minimum atomic E-state index is -0.0822. The fraction of sp³-hybridized carbons (Fsp3) is 0.375. The molecule has 3 rings (SSSR count). The molecule has 3 aromatic rings. The smallest absolute Gasteiger partial charge is 0.244 e. The van der Waals surface area contributed by atoms with Gasteiger partial charge < -0.3 is 15.2 Å². The van der Waals surface area contributed by atoms with Gasteiger partial charge >= 0.3 is 0 Å². The number of aromatic nitrogens is 2. The van der Waals surface area contributed by atoms with E-state index in [9.17, 15) is 9.59 Å². The lowest BCUT2D eigenvalue weighted by Crippen LogP contribution is -2.29. The van der Waals surface area contributed by atoms with E-state index in [1.165, 1.54) is 0 Å². The maximum Gasteiger partial charge on any atom is 0.244 e. The summed E-state index contributed by atoms with van der Waals surface area (Å²) in [6.45, 7) is 8.54. The molecule has 30 heavy (non-hydrogen) atoms. The van der Waals surface area contributed by atoms with Crippen molar-refractivity contribution in [1.82, 2.24) is 14.9 Å². The van der Waals surface area contributed by atoms with Crippen molar-refractivity contribution in [1.29, 1.82) is 0 Å². The molecule has 0 saturated heterocycles. The number of imidazole rings is 1. The van der Waals surface area contributed by atoms with Gasteiger partial charge in [-0.2, -0.15) is 0 Å². The first-order valence-corrected chi connectivity index (χ1v) is 10.4. The number of anilines is 1. The summed E-state index contributed by atoms with van der Waals surface area (Å²) in [6.07, 6.45) is 1.45. The predicted molar refractivity (Wildman–Crippen MR) is 120 cm³/mol. The number of aryl methyl sites for hydroxylation is 3. The first kappa shape index (κ1) is 21.6. The molecule has 1 heterocycles. The number of carbonyl (C=O) groups is 2. The van der Waals surface area contributed by atoms with Gasteiger partial charge in [-0.05, 0) is 49.6 Å². The van der Waals surface area contributed by atoms with E-state index in [1.54, 1.807) is 0 Å². The van der Waals surface area contributed by atoms with Crippen LogP contribution in [-0.2, 0) is 22.6 Å². The van der Waals surface area contributed by atoms with Crippen LogP contribution in [-0.4, -0.2) is 27.9 Å². The third-order valence-electron chi connectivity index (χ3n) is 5.10. The quantitative estimate of drug-likeness (QED) is 0.555. The predicted octanol–water partition coefficient (Wildman–Crippen LogP) is 4.00. The van der Waals surface area contributed by atoms with Crippen molar-refractivity contribution >= 4 is 28.5 Å². The zero-order chi connectivity index (χ0) is 21.7. The van der Waals surface area contributed by atoms with E-state index < -0.39 is 0 Å². The van der Waals surface area contributed by atoms with Crippen molar-refractivity contribution in [2.75, 3.05) is 11.9 Å². The SMILES string of the molecule is Cc1ccc(C)c(NC(=O)Cn2c(CCCNC(=O)C(C)C)nc3ccccc32)c1. The third kappa shape index (κ3) is 5.26. The Bertz CT molecular complexity index is 1050. The average molecular weight is 407 g/mol. The molecule has 0 atom stereocenters. The summed E-state index contributed by atoms with van der Waals surface area (Å²) in [5.41, 5.74) is 4.79. The number of hydrogen-bond donors (Lipinski definition) is 2. The van der Waals surface area contributed by atoms with Gasteiger partial charge in [-0.3, -0.25) is 9.59 Å². The molecule has 0 aliphatic carbocycles. The fourth-order valence-corrected chi connectivity index (χ4v) is 3.36. The number of nitrogens with one attached hydrogen (secondary N) is 2. The molecule has 0 unspecified atom stereocenters. The van der Waals surface area contributed by atoms with Crippen LogP contribution in [0.4, 0.5) is 5.69 Å². The Kier molecular flexibility index (Phi) is 6.87. The summed E-state index contributed by atoms with van der Waals surface area (Å²) in [6, 6.07) is 13.9. The van der Waals surface area contributed by atoms with E-state index >= 15 is 0 Å². The molecule has 0 fully saturated rings. The summed E-state index contributed by atoms with van der Waals surface area (Å²) in [5, 5.41) is 5.97. The monoisotopic (exact) mass is 406 g/mol. The summed E-state index contributed by atoms with van der Waals surface area (Å²) in [4.78, 5) is 29.3. The molecular weight excluding hydrogens is 376 g/mol. The third-order valence-corrected chi connectivity index (χ3v) is 5.10. The summed E-state index contributed by atoms with van der Waals surface area (Å²) < 4.78 is 1.97. The minimum absolute atomic E-state index is 0.0247. The second-order valence-corrected chi connectivity index (χ2v) is 8.02. The fourth-order valence-electron chi connectivity index (χ4n) is 3.36. The number of hydrogen-bond acceptors (Lipinski definition) is 3. The Morgan fingerprint density at radius 1 is 1.10 bits per heavy atom. The van der Waals surface area contributed by atoms with Crippen LogP contribution < -0.4 is 10.6 Å². The number of rotatable bonds is 8. The first-order chi connectivity index (χ1) is 14.3. The molecule has 0 aliphatic heterocycles. The number of nitrogens with zero attached hydrogens (tertiary/aromatic N) is 2. The van der Waals surface area contributed by atoms with Crippen molar-refractivity contribution in [2.24, 2.45) is 5.92 Å². The van der Waals surface area contributed by atoms with Gasteiger partial charge in [-0.25, -0.2) is 4.98 Å². The van der Waals surface area contributed by atoms with Crippen LogP contribution in [0, 0.1) is 19.8 Å². The van der Waals surface area contributed by atoms with Crippen molar-refractivity contribution in [3.63, 3.8) is 0 Å². The second-order valence-electron chi connectivity index (χ2n) is 8.02. The van der Waals surface area contributed by atoms with E-state index in [4.69, 9.17) is 4.98 Å². The zero-order valence-electron chi connectivity index (χ0n) is 18.2. The Morgan fingerprint density at radius 3 is 2.63 bits per heavy atom. The molecule has 0 aliphatic rings. The Balaban J connectivity index is 1.73. The number of benzene rings is 2.